The van der Waals surface area contributed by atoms with Gasteiger partial charge in [-0.05, 0) is 43.6 Å². The molecule has 1 aliphatic rings. The molecule has 0 aromatic carbocycles. The Balaban J connectivity index is 2.10. The maximum absolute atomic E-state index is 11.8. The van der Waals surface area contributed by atoms with Crippen molar-refractivity contribution in [3.8, 4) is 0 Å². The van der Waals surface area contributed by atoms with Crippen LogP contribution in [-0.4, -0.2) is 25.0 Å². The van der Waals surface area contributed by atoms with Crippen molar-refractivity contribution in [3.05, 3.63) is 0 Å². The van der Waals surface area contributed by atoms with Gasteiger partial charge in [0.1, 0.15) is 0 Å². The van der Waals surface area contributed by atoms with E-state index in [-0.39, 0.29) is 5.91 Å². The number of amides is 1. The minimum atomic E-state index is 0.215. The normalized spacial score (nSPS) is 22.0. The monoisotopic (exact) mass is 268 g/mol. The smallest absolute Gasteiger partial charge is 0.220 e. The molecular formula is C16H32N2O. The highest BCUT2D eigenvalue weighted by Crippen LogP contribution is 2.25. The third-order valence-corrected chi connectivity index (χ3v) is 3.72. The molecule has 3 nitrogen and oxygen atoms in total. The first-order valence-electron chi connectivity index (χ1n) is 7.87. The fraction of sp³-hybridized carbons (Fsp3) is 0.938. The third kappa shape index (κ3) is 8.25. The van der Waals surface area contributed by atoms with Gasteiger partial charge in [0.05, 0.1) is 0 Å². The molecule has 0 radical (unpaired) electrons. The highest BCUT2D eigenvalue weighted by atomic mass is 16.1. The Morgan fingerprint density at radius 1 is 1.37 bits per heavy atom. The van der Waals surface area contributed by atoms with E-state index in [4.69, 9.17) is 0 Å². The summed E-state index contributed by atoms with van der Waals surface area (Å²) in [6.45, 7) is 10.8. The van der Waals surface area contributed by atoms with E-state index in [2.05, 4.69) is 38.3 Å². The third-order valence-electron chi connectivity index (χ3n) is 3.72. The molecule has 1 heterocycles. The number of rotatable bonds is 6. The summed E-state index contributed by atoms with van der Waals surface area (Å²) in [5.41, 5.74) is 0.311. The lowest BCUT2D eigenvalue weighted by atomic mass is 9.84. The summed E-state index contributed by atoms with van der Waals surface area (Å²) in [5.74, 6) is 0.681. The van der Waals surface area contributed by atoms with E-state index in [1.165, 1.54) is 19.3 Å². The van der Waals surface area contributed by atoms with Crippen LogP contribution in [0.5, 0.6) is 0 Å². The van der Waals surface area contributed by atoms with Gasteiger partial charge in [0, 0.05) is 19.0 Å². The number of nitrogens with one attached hydrogen (secondary N) is 2. The Labute approximate surface area is 118 Å². The molecule has 3 heteroatoms. The molecule has 0 aromatic rings. The molecule has 1 fully saturated rings. The van der Waals surface area contributed by atoms with Crippen LogP contribution in [0, 0.1) is 11.3 Å². The molecule has 2 atom stereocenters. The van der Waals surface area contributed by atoms with Crippen molar-refractivity contribution in [1.82, 2.24) is 10.6 Å². The fourth-order valence-corrected chi connectivity index (χ4v) is 3.06. The van der Waals surface area contributed by atoms with Gasteiger partial charge in [0.15, 0.2) is 0 Å². The predicted octanol–water partition coefficient (Wildman–Crippen LogP) is 3.10. The van der Waals surface area contributed by atoms with Crippen molar-refractivity contribution in [2.45, 2.75) is 72.3 Å². The Kier molecular flexibility index (Phi) is 6.84. The number of hydrogen-bond acceptors (Lipinski definition) is 2. The van der Waals surface area contributed by atoms with Gasteiger partial charge in [-0.25, -0.2) is 0 Å². The molecule has 1 amide bonds. The summed E-state index contributed by atoms with van der Waals surface area (Å²) in [6, 6.07) is 0.612. The first kappa shape index (κ1) is 16.5. The zero-order valence-corrected chi connectivity index (χ0v) is 13.2. The van der Waals surface area contributed by atoms with Gasteiger partial charge in [0.25, 0.3) is 0 Å². The predicted molar refractivity (Wildman–Crippen MR) is 81.1 cm³/mol. The van der Waals surface area contributed by atoms with Crippen LogP contribution in [0.4, 0.5) is 0 Å². The molecule has 112 valence electrons. The highest BCUT2D eigenvalue weighted by Gasteiger charge is 2.18. The van der Waals surface area contributed by atoms with E-state index >= 15 is 0 Å². The summed E-state index contributed by atoms with van der Waals surface area (Å²) in [5, 5.41) is 6.58. The molecule has 0 spiro atoms. The second-order valence-electron chi connectivity index (χ2n) is 7.36. The molecule has 1 rings (SSSR count). The van der Waals surface area contributed by atoms with Crippen molar-refractivity contribution >= 4 is 5.91 Å². The highest BCUT2D eigenvalue weighted by molar-refractivity contribution is 5.76. The summed E-state index contributed by atoms with van der Waals surface area (Å²) < 4.78 is 0. The zero-order chi connectivity index (χ0) is 14.3. The molecule has 0 bridgehead atoms. The van der Waals surface area contributed by atoms with E-state index in [9.17, 15) is 4.79 Å². The standard InChI is InChI=1S/C16H32N2O/c1-13(12-16(2,3)4)11-15(19)18-10-8-14-7-5-6-9-17-14/h13-14,17H,5-12H2,1-4H3,(H,18,19). The molecule has 19 heavy (non-hydrogen) atoms. The SMILES string of the molecule is CC(CC(=O)NCCC1CCCCN1)CC(C)(C)C. The summed E-state index contributed by atoms with van der Waals surface area (Å²) in [7, 11) is 0. The van der Waals surface area contributed by atoms with Gasteiger partial charge in [-0.3, -0.25) is 4.79 Å². The van der Waals surface area contributed by atoms with Crippen molar-refractivity contribution in [2.24, 2.45) is 11.3 Å². The van der Waals surface area contributed by atoms with Gasteiger partial charge < -0.3 is 10.6 Å². The number of carbonyl (C=O) groups is 1. The van der Waals surface area contributed by atoms with Gasteiger partial charge in [-0.15, -0.1) is 0 Å². The Morgan fingerprint density at radius 2 is 2.11 bits per heavy atom. The average Bonchev–Trinajstić information content (AvgIpc) is 2.27. The van der Waals surface area contributed by atoms with Gasteiger partial charge in [-0.2, -0.15) is 0 Å². The van der Waals surface area contributed by atoms with Crippen LogP contribution in [-0.2, 0) is 4.79 Å². The first-order valence-corrected chi connectivity index (χ1v) is 7.87. The van der Waals surface area contributed by atoms with E-state index in [1.807, 2.05) is 0 Å². The van der Waals surface area contributed by atoms with Crippen LogP contribution in [0.15, 0.2) is 0 Å². The van der Waals surface area contributed by atoms with Crippen molar-refractivity contribution in [2.75, 3.05) is 13.1 Å². The maximum atomic E-state index is 11.8. The molecule has 1 saturated heterocycles. The molecule has 2 N–H and O–H groups in total. The Bertz CT molecular complexity index is 264. The van der Waals surface area contributed by atoms with Crippen molar-refractivity contribution < 1.29 is 4.79 Å². The molecular weight excluding hydrogens is 236 g/mol. The van der Waals surface area contributed by atoms with Crippen molar-refractivity contribution in [3.63, 3.8) is 0 Å². The maximum Gasteiger partial charge on any atom is 0.220 e. The lowest BCUT2D eigenvalue weighted by Gasteiger charge is -2.24. The summed E-state index contributed by atoms with van der Waals surface area (Å²) in [6.07, 6.45) is 6.72. The minimum Gasteiger partial charge on any atom is -0.356 e. The van der Waals surface area contributed by atoms with Crippen LogP contribution in [0.1, 0.15) is 66.2 Å². The van der Waals surface area contributed by atoms with E-state index in [0.717, 1.165) is 25.9 Å². The number of hydrogen-bond donors (Lipinski definition) is 2. The zero-order valence-electron chi connectivity index (χ0n) is 13.2. The van der Waals surface area contributed by atoms with Crippen molar-refractivity contribution in [1.29, 1.82) is 0 Å². The summed E-state index contributed by atoms with van der Waals surface area (Å²) in [4.78, 5) is 11.8. The second kappa shape index (κ2) is 7.88. The van der Waals surface area contributed by atoms with E-state index in [0.29, 0.717) is 23.8 Å². The van der Waals surface area contributed by atoms with E-state index in [1.54, 1.807) is 0 Å². The molecule has 0 aliphatic carbocycles. The topological polar surface area (TPSA) is 41.1 Å². The van der Waals surface area contributed by atoms with Gasteiger partial charge in [0.2, 0.25) is 5.91 Å². The largest absolute Gasteiger partial charge is 0.356 e. The minimum absolute atomic E-state index is 0.215. The van der Waals surface area contributed by atoms with Gasteiger partial charge >= 0.3 is 0 Å². The molecule has 0 saturated carbocycles. The fourth-order valence-electron chi connectivity index (χ4n) is 3.06. The van der Waals surface area contributed by atoms with Crippen LogP contribution in [0.25, 0.3) is 0 Å². The number of piperidine rings is 1. The lowest BCUT2D eigenvalue weighted by Crippen LogP contribution is -2.37. The first-order chi connectivity index (χ1) is 8.87. The van der Waals surface area contributed by atoms with Crippen LogP contribution in [0.2, 0.25) is 0 Å². The molecule has 2 unspecified atom stereocenters. The van der Waals surface area contributed by atoms with Crippen LogP contribution in [0.3, 0.4) is 0 Å². The van der Waals surface area contributed by atoms with Crippen LogP contribution < -0.4 is 10.6 Å². The lowest BCUT2D eigenvalue weighted by molar-refractivity contribution is -0.122. The number of carbonyl (C=O) groups excluding carboxylic acids is 1. The average molecular weight is 268 g/mol. The van der Waals surface area contributed by atoms with Crippen LogP contribution >= 0.6 is 0 Å². The van der Waals surface area contributed by atoms with Gasteiger partial charge in [-0.1, -0.05) is 34.1 Å². The second-order valence-corrected chi connectivity index (χ2v) is 7.36. The summed E-state index contributed by atoms with van der Waals surface area (Å²) >= 11 is 0. The quantitative estimate of drug-likeness (QED) is 0.777. The Hall–Kier alpha value is -0.570. The molecule has 0 aromatic heterocycles. The van der Waals surface area contributed by atoms with E-state index < -0.39 is 0 Å². The molecule has 1 aliphatic heterocycles. The Morgan fingerprint density at radius 3 is 2.68 bits per heavy atom.